The minimum atomic E-state index is 0.966. The lowest BCUT2D eigenvalue weighted by atomic mass is 9.78. The summed E-state index contributed by atoms with van der Waals surface area (Å²) in [5, 5.41) is 0. The molecular weight excluding hydrogens is 168 g/mol. The van der Waals surface area contributed by atoms with Crippen LogP contribution in [0, 0.1) is 11.8 Å². The fourth-order valence-electron chi connectivity index (χ4n) is 3.32. The first-order valence-electron chi connectivity index (χ1n) is 5.99. The SMILES string of the molecule is c1cc2cc(c1)CC(C1CCCC1)C2. The minimum absolute atomic E-state index is 0.966. The van der Waals surface area contributed by atoms with Gasteiger partial charge in [0.2, 0.25) is 0 Å². The second-order valence-electron chi connectivity index (χ2n) is 5.03. The van der Waals surface area contributed by atoms with Gasteiger partial charge in [-0.05, 0) is 35.8 Å². The molecule has 74 valence electrons. The van der Waals surface area contributed by atoms with E-state index in [1.165, 1.54) is 38.5 Å². The molecule has 0 heterocycles. The summed E-state index contributed by atoms with van der Waals surface area (Å²) in [5.74, 6) is 2.00. The third-order valence-corrected chi connectivity index (χ3v) is 4.05. The van der Waals surface area contributed by atoms with Crippen molar-refractivity contribution in [2.45, 2.75) is 38.5 Å². The van der Waals surface area contributed by atoms with Gasteiger partial charge in [-0.15, -0.1) is 0 Å². The summed E-state index contributed by atoms with van der Waals surface area (Å²) in [6.45, 7) is 0. The highest BCUT2D eigenvalue weighted by atomic mass is 14.3. The minimum Gasteiger partial charge on any atom is -0.0617 e. The molecule has 1 saturated carbocycles. The lowest BCUT2D eigenvalue weighted by Crippen LogP contribution is -2.20. The highest BCUT2D eigenvalue weighted by Crippen LogP contribution is 2.37. The molecule has 1 aromatic rings. The zero-order chi connectivity index (χ0) is 9.38. The Labute approximate surface area is 86.3 Å². The van der Waals surface area contributed by atoms with Gasteiger partial charge in [0, 0.05) is 0 Å². The molecule has 2 aliphatic rings. The molecule has 0 aromatic heterocycles. The normalized spacial score (nSPS) is 22.9. The molecule has 1 fully saturated rings. The Bertz CT molecular complexity index is 299. The summed E-state index contributed by atoms with van der Waals surface area (Å²) in [5.41, 5.74) is 3.15. The van der Waals surface area contributed by atoms with E-state index in [9.17, 15) is 0 Å². The van der Waals surface area contributed by atoms with Crippen LogP contribution in [0.2, 0.25) is 0 Å². The Hall–Kier alpha value is -0.780. The molecule has 3 rings (SSSR count). The van der Waals surface area contributed by atoms with Crippen LogP contribution >= 0.6 is 0 Å². The van der Waals surface area contributed by atoms with Crippen molar-refractivity contribution in [2.75, 3.05) is 0 Å². The molecule has 0 nitrogen and oxygen atoms in total. The molecule has 0 unspecified atom stereocenters. The van der Waals surface area contributed by atoms with Gasteiger partial charge in [-0.3, -0.25) is 0 Å². The van der Waals surface area contributed by atoms with Crippen LogP contribution in [-0.2, 0) is 12.8 Å². The largest absolute Gasteiger partial charge is 0.0617 e. The predicted molar refractivity (Wildman–Crippen MR) is 59.3 cm³/mol. The van der Waals surface area contributed by atoms with E-state index in [1.807, 2.05) is 0 Å². The summed E-state index contributed by atoms with van der Waals surface area (Å²) >= 11 is 0. The fourth-order valence-corrected chi connectivity index (χ4v) is 3.32. The van der Waals surface area contributed by atoms with Gasteiger partial charge in [-0.2, -0.15) is 0 Å². The topological polar surface area (TPSA) is 0 Å². The maximum absolute atomic E-state index is 2.39. The predicted octanol–water partition coefficient (Wildman–Crippen LogP) is 3.59. The average molecular weight is 186 g/mol. The Morgan fingerprint density at radius 3 is 2.14 bits per heavy atom. The van der Waals surface area contributed by atoms with E-state index in [0.717, 1.165) is 11.8 Å². The second kappa shape index (κ2) is 3.42. The van der Waals surface area contributed by atoms with Crippen LogP contribution in [0.15, 0.2) is 24.3 Å². The Morgan fingerprint density at radius 1 is 0.857 bits per heavy atom. The van der Waals surface area contributed by atoms with Gasteiger partial charge >= 0.3 is 0 Å². The van der Waals surface area contributed by atoms with E-state index in [1.54, 1.807) is 11.1 Å². The molecule has 2 bridgehead atoms. The average Bonchev–Trinajstić information content (AvgIpc) is 2.69. The Kier molecular flexibility index (Phi) is 2.08. The summed E-state index contributed by atoms with van der Waals surface area (Å²) < 4.78 is 0. The van der Waals surface area contributed by atoms with Crippen molar-refractivity contribution in [1.82, 2.24) is 0 Å². The zero-order valence-corrected chi connectivity index (χ0v) is 8.71. The van der Waals surface area contributed by atoms with Crippen LogP contribution in [0.1, 0.15) is 36.8 Å². The smallest absolute Gasteiger partial charge is 0.0244 e. The summed E-state index contributed by atoms with van der Waals surface area (Å²) in [6.07, 6.45) is 8.64. The number of hydrogen-bond donors (Lipinski definition) is 0. The molecular formula is C14H18. The number of benzene rings is 1. The maximum Gasteiger partial charge on any atom is -0.0244 e. The third kappa shape index (κ3) is 1.47. The molecule has 2 aliphatic carbocycles. The first kappa shape index (κ1) is 8.52. The van der Waals surface area contributed by atoms with E-state index in [4.69, 9.17) is 0 Å². The number of rotatable bonds is 1. The van der Waals surface area contributed by atoms with Gasteiger partial charge in [0.1, 0.15) is 0 Å². The lowest BCUT2D eigenvalue weighted by Gasteiger charge is -2.27. The van der Waals surface area contributed by atoms with E-state index >= 15 is 0 Å². The van der Waals surface area contributed by atoms with Crippen molar-refractivity contribution < 1.29 is 0 Å². The van der Waals surface area contributed by atoms with E-state index in [0.29, 0.717) is 0 Å². The van der Waals surface area contributed by atoms with Gasteiger partial charge in [-0.25, -0.2) is 0 Å². The molecule has 1 aromatic carbocycles. The van der Waals surface area contributed by atoms with Crippen molar-refractivity contribution in [1.29, 1.82) is 0 Å². The van der Waals surface area contributed by atoms with Crippen molar-refractivity contribution in [3.63, 3.8) is 0 Å². The van der Waals surface area contributed by atoms with Crippen molar-refractivity contribution in [3.05, 3.63) is 35.4 Å². The van der Waals surface area contributed by atoms with Gasteiger partial charge < -0.3 is 0 Å². The molecule has 0 amide bonds. The van der Waals surface area contributed by atoms with Gasteiger partial charge in [-0.1, -0.05) is 49.9 Å². The monoisotopic (exact) mass is 186 g/mol. The van der Waals surface area contributed by atoms with Crippen LogP contribution in [0.4, 0.5) is 0 Å². The standard InChI is InChI=1S/C14H18/c1-2-7-13(6-1)14-9-11-4-3-5-12(8-11)10-14/h3-5,8,13-14H,1-2,6-7,9-10H2. The zero-order valence-electron chi connectivity index (χ0n) is 8.71. The first-order valence-corrected chi connectivity index (χ1v) is 5.99. The van der Waals surface area contributed by atoms with Crippen molar-refractivity contribution >= 4 is 0 Å². The molecule has 0 N–H and O–H groups in total. The summed E-state index contributed by atoms with van der Waals surface area (Å²) in [7, 11) is 0. The molecule has 0 spiro atoms. The second-order valence-corrected chi connectivity index (χ2v) is 5.03. The summed E-state index contributed by atoms with van der Waals surface area (Å²) in [4.78, 5) is 0. The Morgan fingerprint density at radius 2 is 1.50 bits per heavy atom. The van der Waals surface area contributed by atoms with E-state index in [-0.39, 0.29) is 0 Å². The third-order valence-electron chi connectivity index (χ3n) is 4.05. The number of fused-ring (bicyclic) bond motifs is 2. The van der Waals surface area contributed by atoms with Gasteiger partial charge in [0.15, 0.2) is 0 Å². The molecule has 0 atom stereocenters. The highest BCUT2D eigenvalue weighted by molar-refractivity contribution is 5.28. The fraction of sp³-hybridized carbons (Fsp3) is 0.571. The van der Waals surface area contributed by atoms with Crippen molar-refractivity contribution in [2.24, 2.45) is 11.8 Å². The van der Waals surface area contributed by atoms with Crippen LogP contribution in [0.3, 0.4) is 0 Å². The van der Waals surface area contributed by atoms with Gasteiger partial charge in [0.05, 0.1) is 0 Å². The van der Waals surface area contributed by atoms with E-state index in [2.05, 4.69) is 24.3 Å². The molecule has 0 radical (unpaired) electrons. The highest BCUT2D eigenvalue weighted by Gasteiger charge is 2.27. The number of hydrogen-bond acceptors (Lipinski definition) is 0. The van der Waals surface area contributed by atoms with Gasteiger partial charge in [0.25, 0.3) is 0 Å². The quantitative estimate of drug-likeness (QED) is 0.628. The maximum atomic E-state index is 2.39. The van der Waals surface area contributed by atoms with Crippen LogP contribution in [0.5, 0.6) is 0 Å². The van der Waals surface area contributed by atoms with Crippen LogP contribution in [0.25, 0.3) is 0 Å². The lowest BCUT2D eigenvalue weighted by molar-refractivity contribution is 0.328. The molecule has 0 heteroatoms. The summed E-state index contributed by atoms with van der Waals surface area (Å²) in [6, 6.07) is 9.20. The molecule has 14 heavy (non-hydrogen) atoms. The Balaban J connectivity index is 1.79. The van der Waals surface area contributed by atoms with Crippen LogP contribution in [-0.4, -0.2) is 0 Å². The first-order chi connectivity index (χ1) is 6.92. The van der Waals surface area contributed by atoms with Crippen LogP contribution < -0.4 is 0 Å². The van der Waals surface area contributed by atoms with E-state index < -0.39 is 0 Å². The van der Waals surface area contributed by atoms with Crippen molar-refractivity contribution in [3.8, 4) is 0 Å². The molecule has 0 aliphatic heterocycles. The molecule has 0 saturated heterocycles.